The third-order valence-corrected chi connectivity index (χ3v) is 3.86. The van der Waals surface area contributed by atoms with Crippen LogP contribution in [0.25, 0.3) is 5.95 Å². The second kappa shape index (κ2) is 4.69. The van der Waals surface area contributed by atoms with Crippen molar-refractivity contribution < 1.29 is 4.79 Å². The number of nitrogens with one attached hydrogen (secondary N) is 1. The summed E-state index contributed by atoms with van der Waals surface area (Å²) in [7, 11) is 0. The summed E-state index contributed by atoms with van der Waals surface area (Å²) in [5.74, 6) is 0.851. The lowest BCUT2D eigenvalue weighted by Crippen LogP contribution is -2.31. The van der Waals surface area contributed by atoms with E-state index in [-0.39, 0.29) is 5.91 Å². The Morgan fingerprint density at radius 3 is 2.95 bits per heavy atom. The summed E-state index contributed by atoms with van der Waals surface area (Å²) in [5, 5.41) is 13.4. The van der Waals surface area contributed by atoms with Crippen LogP contribution in [0.2, 0.25) is 0 Å². The van der Waals surface area contributed by atoms with Gasteiger partial charge in [0.15, 0.2) is 0 Å². The van der Waals surface area contributed by atoms with E-state index in [0.29, 0.717) is 16.9 Å². The second-order valence-corrected chi connectivity index (χ2v) is 5.13. The zero-order valence-corrected chi connectivity index (χ0v) is 11.6. The van der Waals surface area contributed by atoms with E-state index in [1.807, 2.05) is 0 Å². The van der Waals surface area contributed by atoms with Gasteiger partial charge in [-0.2, -0.15) is 9.77 Å². The minimum absolute atomic E-state index is 0.0560. The minimum Gasteiger partial charge on any atom is -0.272 e. The van der Waals surface area contributed by atoms with Crippen molar-refractivity contribution in [2.75, 3.05) is 11.2 Å². The Morgan fingerprint density at radius 2 is 2.21 bits per heavy atom. The summed E-state index contributed by atoms with van der Waals surface area (Å²) in [6.45, 7) is 4.12. The van der Waals surface area contributed by atoms with E-state index < -0.39 is 0 Å². The molecule has 0 bridgehead atoms. The predicted molar refractivity (Wildman–Crippen MR) is 71.0 cm³/mol. The van der Waals surface area contributed by atoms with Crippen molar-refractivity contribution in [3.05, 3.63) is 17.5 Å². The molecule has 0 spiro atoms. The number of thioether (sulfide) groups is 1. The molecular formula is C11H14N6OS. The molecule has 2 aromatic heterocycles. The van der Waals surface area contributed by atoms with E-state index in [0.717, 1.165) is 24.2 Å². The maximum Gasteiger partial charge on any atom is 0.272 e. The van der Waals surface area contributed by atoms with Crippen LogP contribution in [0.5, 0.6) is 0 Å². The molecule has 1 amide bonds. The highest BCUT2D eigenvalue weighted by molar-refractivity contribution is 7.99. The molecule has 3 heterocycles. The van der Waals surface area contributed by atoms with Gasteiger partial charge in [-0.15, -0.1) is 10.2 Å². The highest BCUT2D eigenvalue weighted by atomic mass is 32.2. The van der Waals surface area contributed by atoms with Crippen LogP contribution >= 0.6 is 11.8 Å². The standard InChI is InChI=1S/C11H14N6OS/c1-3-7-5-8(4-2)16(14-7)10-12-13-11-17(10)15-9(18)6-19-11/h5H,3-4,6H2,1-2H3,(H,15,18). The van der Waals surface area contributed by atoms with Crippen LogP contribution in [0, 0.1) is 0 Å². The molecule has 0 saturated carbocycles. The number of nitrogens with zero attached hydrogens (tertiary/aromatic N) is 5. The van der Waals surface area contributed by atoms with E-state index in [2.05, 4.69) is 40.6 Å². The van der Waals surface area contributed by atoms with Gasteiger partial charge in [0, 0.05) is 5.69 Å². The van der Waals surface area contributed by atoms with Gasteiger partial charge in [0.1, 0.15) is 0 Å². The number of amides is 1. The zero-order valence-electron chi connectivity index (χ0n) is 10.8. The van der Waals surface area contributed by atoms with E-state index >= 15 is 0 Å². The number of aromatic nitrogens is 5. The molecule has 0 atom stereocenters. The number of carbonyl (C=O) groups excluding carboxylic acids is 1. The highest BCUT2D eigenvalue weighted by Gasteiger charge is 2.23. The smallest absolute Gasteiger partial charge is 0.272 e. The normalized spacial score (nSPS) is 14.3. The fourth-order valence-electron chi connectivity index (χ4n) is 1.95. The van der Waals surface area contributed by atoms with Gasteiger partial charge in [0.05, 0.1) is 11.4 Å². The van der Waals surface area contributed by atoms with Crippen LogP contribution in [0.15, 0.2) is 11.2 Å². The van der Waals surface area contributed by atoms with Gasteiger partial charge in [-0.1, -0.05) is 25.6 Å². The largest absolute Gasteiger partial charge is 0.272 e. The Morgan fingerprint density at radius 1 is 1.37 bits per heavy atom. The first-order chi connectivity index (χ1) is 9.22. The van der Waals surface area contributed by atoms with Crippen molar-refractivity contribution in [3.63, 3.8) is 0 Å². The molecule has 0 fully saturated rings. The van der Waals surface area contributed by atoms with E-state index in [4.69, 9.17) is 0 Å². The zero-order chi connectivity index (χ0) is 13.4. The average molecular weight is 278 g/mol. The molecule has 1 aliphatic rings. The summed E-state index contributed by atoms with van der Waals surface area (Å²) in [6, 6.07) is 2.05. The third kappa shape index (κ3) is 2.01. The minimum atomic E-state index is -0.0560. The molecule has 0 radical (unpaired) electrons. The molecule has 0 aromatic carbocycles. The van der Waals surface area contributed by atoms with E-state index in [1.165, 1.54) is 11.8 Å². The van der Waals surface area contributed by atoms with Gasteiger partial charge in [0.2, 0.25) is 11.1 Å². The molecular weight excluding hydrogens is 264 g/mol. The summed E-state index contributed by atoms with van der Waals surface area (Å²) in [6.07, 6.45) is 1.71. The average Bonchev–Trinajstić information content (AvgIpc) is 3.00. The van der Waals surface area contributed by atoms with E-state index in [1.54, 1.807) is 9.36 Å². The van der Waals surface area contributed by atoms with Crippen LogP contribution in [0.1, 0.15) is 25.2 Å². The SMILES string of the molecule is CCc1cc(CC)n(-c2nnc3n2NC(=O)CS3)n1. The Hall–Kier alpha value is -1.83. The van der Waals surface area contributed by atoms with Gasteiger partial charge in [-0.3, -0.25) is 10.2 Å². The van der Waals surface area contributed by atoms with Crippen molar-refractivity contribution in [2.45, 2.75) is 31.8 Å². The van der Waals surface area contributed by atoms with Crippen molar-refractivity contribution in [2.24, 2.45) is 0 Å². The van der Waals surface area contributed by atoms with E-state index in [9.17, 15) is 4.79 Å². The van der Waals surface area contributed by atoms with Gasteiger partial charge < -0.3 is 0 Å². The van der Waals surface area contributed by atoms with Crippen LogP contribution in [0.3, 0.4) is 0 Å². The number of rotatable bonds is 3. The molecule has 0 aliphatic carbocycles. The summed E-state index contributed by atoms with van der Waals surface area (Å²) in [4.78, 5) is 11.5. The van der Waals surface area contributed by atoms with Crippen LogP contribution < -0.4 is 5.43 Å². The van der Waals surface area contributed by atoms with Gasteiger partial charge in [0.25, 0.3) is 5.95 Å². The molecule has 7 nitrogen and oxygen atoms in total. The molecule has 19 heavy (non-hydrogen) atoms. The first-order valence-corrected chi connectivity index (χ1v) is 7.17. The summed E-state index contributed by atoms with van der Waals surface area (Å²) < 4.78 is 3.35. The maximum atomic E-state index is 11.5. The monoisotopic (exact) mass is 278 g/mol. The van der Waals surface area contributed by atoms with Gasteiger partial charge in [-0.25, -0.2) is 4.68 Å². The van der Waals surface area contributed by atoms with Crippen LogP contribution in [-0.4, -0.2) is 36.3 Å². The Labute approximate surface area is 114 Å². The molecule has 1 aliphatic heterocycles. The Balaban J connectivity index is 2.10. The molecule has 0 unspecified atom stereocenters. The van der Waals surface area contributed by atoms with Crippen molar-refractivity contribution >= 4 is 17.7 Å². The Bertz CT molecular complexity index is 631. The highest BCUT2D eigenvalue weighted by Crippen LogP contribution is 2.22. The van der Waals surface area contributed by atoms with Crippen LogP contribution in [-0.2, 0) is 17.6 Å². The lowest BCUT2D eigenvalue weighted by atomic mass is 10.3. The molecule has 100 valence electrons. The lowest BCUT2D eigenvalue weighted by molar-refractivity contribution is -0.115. The molecule has 8 heteroatoms. The molecule has 0 saturated heterocycles. The van der Waals surface area contributed by atoms with Crippen molar-refractivity contribution in [3.8, 4) is 5.95 Å². The summed E-state index contributed by atoms with van der Waals surface area (Å²) in [5.41, 5.74) is 4.81. The first kappa shape index (κ1) is 12.2. The predicted octanol–water partition coefficient (Wildman–Crippen LogP) is 0.764. The maximum absolute atomic E-state index is 11.5. The third-order valence-electron chi connectivity index (χ3n) is 2.93. The molecule has 1 N–H and O–H groups in total. The molecule has 3 rings (SSSR count). The van der Waals surface area contributed by atoms with Gasteiger partial charge in [-0.05, 0) is 18.9 Å². The topological polar surface area (TPSA) is 77.6 Å². The van der Waals surface area contributed by atoms with Crippen molar-refractivity contribution in [1.29, 1.82) is 0 Å². The fraction of sp³-hybridized carbons (Fsp3) is 0.455. The van der Waals surface area contributed by atoms with Crippen molar-refractivity contribution in [1.82, 2.24) is 24.7 Å². The second-order valence-electron chi connectivity index (χ2n) is 4.19. The quantitative estimate of drug-likeness (QED) is 0.897. The number of aryl methyl sites for hydroxylation is 2. The van der Waals surface area contributed by atoms with Crippen LogP contribution in [0.4, 0.5) is 0 Å². The lowest BCUT2D eigenvalue weighted by Gasteiger charge is -2.15. The van der Waals surface area contributed by atoms with Gasteiger partial charge >= 0.3 is 0 Å². The first-order valence-electron chi connectivity index (χ1n) is 6.19. The number of hydrogen-bond donors (Lipinski definition) is 1. The number of fused-ring (bicyclic) bond motifs is 1. The number of carbonyl (C=O) groups is 1. The fourth-order valence-corrected chi connectivity index (χ4v) is 2.63. The summed E-state index contributed by atoms with van der Waals surface area (Å²) >= 11 is 1.37. The number of hydrogen-bond acceptors (Lipinski definition) is 5. The molecule has 2 aromatic rings. The Kier molecular flexibility index (Phi) is 3.02.